The van der Waals surface area contributed by atoms with Crippen molar-refractivity contribution in [2.45, 2.75) is 39.3 Å². The van der Waals surface area contributed by atoms with Crippen LogP contribution in [0.5, 0.6) is 0 Å². The topological polar surface area (TPSA) is 81.2 Å². The fourth-order valence-corrected chi connectivity index (χ4v) is 3.46. The minimum Gasteiger partial charge on any atom is -0.357 e. The minimum absolute atomic E-state index is 0. The van der Waals surface area contributed by atoms with E-state index in [1.807, 2.05) is 12.1 Å². The Balaban J connectivity index is 0.00000300. The Morgan fingerprint density at radius 3 is 2.79 bits per heavy atom. The van der Waals surface area contributed by atoms with Crippen LogP contribution in [0.25, 0.3) is 11.4 Å². The van der Waals surface area contributed by atoms with E-state index in [2.05, 4.69) is 63.3 Å². The van der Waals surface area contributed by atoms with Crippen molar-refractivity contribution in [3.05, 3.63) is 48.3 Å². The third-order valence-corrected chi connectivity index (χ3v) is 4.80. The largest absolute Gasteiger partial charge is 0.357 e. The molecule has 1 saturated heterocycles. The number of hydrogen-bond donors (Lipinski definition) is 3. The van der Waals surface area contributed by atoms with E-state index < -0.39 is 0 Å². The second-order valence-corrected chi connectivity index (χ2v) is 7.38. The Hall–Kier alpha value is -1.94. The average molecular weight is 509 g/mol. The van der Waals surface area contributed by atoms with Crippen LogP contribution in [0.1, 0.15) is 32.3 Å². The molecule has 0 radical (unpaired) electrons. The van der Waals surface area contributed by atoms with Gasteiger partial charge in [0.2, 0.25) is 0 Å². The van der Waals surface area contributed by atoms with Crippen molar-refractivity contribution >= 4 is 29.9 Å². The highest BCUT2D eigenvalue weighted by Gasteiger charge is 2.19. The molecule has 1 aliphatic heterocycles. The lowest BCUT2D eigenvalue weighted by molar-refractivity contribution is 0.221. The maximum Gasteiger partial charge on any atom is 0.191 e. The van der Waals surface area contributed by atoms with Gasteiger partial charge in [-0.15, -0.1) is 24.0 Å². The van der Waals surface area contributed by atoms with Crippen molar-refractivity contribution < 1.29 is 0 Å². The highest BCUT2D eigenvalue weighted by molar-refractivity contribution is 14.0. The van der Waals surface area contributed by atoms with Crippen molar-refractivity contribution in [1.29, 1.82) is 0 Å². The first-order chi connectivity index (χ1) is 13.6. The maximum absolute atomic E-state index is 4.79. The van der Waals surface area contributed by atoms with E-state index >= 15 is 0 Å². The lowest BCUT2D eigenvalue weighted by atomic mass is 10.0. The van der Waals surface area contributed by atoms with Crippen LogP contribution in [0.4, 0.5) is 0 Å². The van der Waals surface area contributed by atoms with Crippen molar-refractivity contribution in [2.75, 3.05) is 26.2 Å². The molecule has 29 heavy (non-hydrogen) atoms. The molecule has 2 aromatic rings. The van der Waals surface area contributed by atoms with Crippen LogP contribution in [0, 0.1) is 0 Å². The van der Waals surface area contributed by atoms with Gasteiger partial charge in [-0.05, 0) is 38.3 Å². The molecule has 0 aliphatic carbocycles. The second kappa shape index (κ2) is 11.9. The van der Waals surface area contributed by atoms with Gasteiger partial charge in [0.15, 0.2) is 11.8 Å². The molecule has 158 valence electrons. The average Bonchev–Trinajstić information content (AvgIpc) is 3.22. The van der Waals surface area contributed by atoms with Crippen molar-refractivity contribution in [1.82, 2.24) is 30.7 Å². The number of aromatic nitrogens is 3. The Morgan fingerprint density at radius 2 is 2.14 bits per heavy atom. The van der Waals surface area contributed by atoms with Gasteiger partial charge in [-0.1, -0.05) is 30.4 Å². The van der Waals surface area contributed by atoms with Crippen LogP contribution in [0.3, 0.4) is 0 Å². The van der Waals surface area contributed by atoms with E-state index in [-0.39, 0.29) is 24.0 Å². The smallest absolute Gasteiger partial charge is 0.191 e. The van der Waals surface area contributed by atoms with Crippen LogP contribution in [0.15, 0.2) is 47.7 Å². The van der Waals surface area contributed by atoms with E-state index in [1.54, 1.807) is 0 Å². The molecule has 0 atom stereocenters. The fourth-order valence-electron chi connectivity index (χ4n) is 3.46. The molecule has 0 bridgehead atoms. The molecule has 1 aliphatic rings. The molecule has 3 rings (SSSR count). The zero-order valence-electron chi connectivity index (χ0n) is 17.3. The van der Waals surface area contributed by atoms with E-state index in [4.69, 9.17) is 4.99 Å². The summed E-state index contributed by atoms with van der Waals surface area (Å²) in [6.07, 6.45) is 3.77. The lowest BCUT2D eigenvalue weighted by Crippen LogP contribution is -2.48. The summed E-state index contributed by atoms with van der Waals surface area (Å²) in [7, 11) is 0. The standard InChI is InChI=1S/C21H31N7.HI/c1-4-22-21(26-19-8-10-28(11-9-19)14-16(2)3)23-13-17-6-5-7-18(12-17)20-24-15-25-27-20;/h5-7,12,15,19H,2,4,8-11,13-14H2,1,3H3,(H2,22,23,26)(H,24,25,27);1H. The monoisotopic (exact) mass is 509 g/mol. The zero-order chi connectivity index (χ0) is 19.8. The molecule has 3 N–H and O–H groups in total. The summed E-state index contributed by atoms with van der Waals surface area (Å²) in [5, 5.41) is 13.8. The molecule has 0 amide bonds. The SMILES string of the molecule is C=C(C)CN1CCC(NC(=NCc2cccc(-c3ncn[nH]3)c2)NCC)CC1.I. The van der Waals surface area contributed by atoms with E-state index in [1.165, 1.54) is 11.9 Å². The number of benzene rings is 1. The zero-order valence-corrected chi connectivity index (χ0v) is 19.6. The molecular weight excluding hydrogens is 477 g/mol. The number of rotatable bonds is 7. The molecule has 2 heterocycles. The number of halogens is 1. The van der Waals surface area contributed by atoms with Gasteiger partial charge in [0.1, 0.15) is 6.33 Å². The number of nitrogens with one attached hydrogen (secondary N) is 3. The van der Waals surface area contributed by atoms with Gasteiger partial charge in [-0.2, -0.15) is 5.10 Å². The lowest BCUT2D eigenvalue weighted by Gasteiger charge is -2.33. The highest BCUT2D eigenvalue weighted by Crippen LogP contribution is 2.16. The molecule has 8 heteroatoms. The molecule has 7 nitrogen and oxygen atoms in total. The van der Waals surface area contributed by atoms with Gasteiger partial charge in [0.05, 0.1) is 6.54 Å². The summed E-state index contributed by atoms with van der Waals surface area (Å²) in [4.78, 5) is 11.5. The van der Waals surface area contributed by atoms with Gasteiger partial charge in [-0.3, -0.25) is 10.00 Å². The predicted molar refractivity (Wildman–Crippen MR) is 129 cm³/mol. The molecule has 0 spiro atoms. The number of piperidine rings is 1. The number of guanidine groups is 1. The molecule has 0 unspecified atom stereocenters. The van der Waals surface area contributed by atoms with E-state index in [9.17, 15) is 0 Å². The summed E-state index contributed by atoms with van der Waals surface area (Å²) >= 11 is 0. The Kier molecular flexibility index (Phi) is 9.59. The molecule has 1 aromatic carbocycles. The molecule has 1 aromatic heterocycles. The Labute approximate surface area is 190 Å². The van der Waals surface area contributed by atoms with Gasteiger partial charge < -0.3 is 10.6 Å². The van der Waals surface area contributed by atoms with Crippen LogP contribution in [-0.2, 0) is 6.54 Å². The number of H-pyrrole nitrogens is 1. The van der Waals surface area contributed by atoms with Crippen molar-refractivity contribution in [3.63, 3.8) is 0 Å². The van der Waals surface area contributed by atoms with E-state index in [0.717, 1.165) is 61.9 Å². The highest BCUT2D eigenvalue weighted by atomic mass is 127. The van der Waals surface area contributed by atoms with Gasteiger partial charge in [-0.25, -0.2) is 9.98 Å². The summed E-state index contributed by atoms with van der Waals surface area (Å²) in [5.41, 5.74) is 3.39. The number of hydrogen-bond acceptors (Lipinski definition) is 4. The molecular formula is C21H32IN7. The summed E-state index contributed by atoms with van der Waals surface area (Å²) in [5.74, 6) is 1.66. The summed E-state index contributed by atoms with van der Waals surface area (Å²) in [6.45, 7) is 12.9. The minimum atomic E-state index is 0. The third-order valence-electron chi connectivity index (χ3n) is 4.80. The maximum atomic E-state index is 4.79. The van der Waals surface area contributed by atoms with Crippen LogP contribution >= 0.6 is 24.0 Å². The first-order valence-electron chi connectivity index (χ1n) is 10.00. The summed E-state index contributed by atoms with van der Waals surface area (Å²) < 4.78 is 0. The fraction of sp³-hybridized carbons (Fsp3) is 0.476. The van der Waals surface area contributed by atoms with Gasteiger partial charge >= 0.3 is 0 Å². The third kappa shape index (κ3) is 7.43. The number of nitrogens with zero attached hydrogens (tertiary/aromatic N) is 4. The normalized spacial score (nSPS) is 15.6. The quantitative estimate of drug-likeness (QED) is 0.231. The summed E-state index contributed by atoms with van der Waals surface area (Å²) in [6, 6.07) is 8.70. The first-order valence-corrected chi connectivity index (χ1v) is 10.00. The Bertz CT molecular complexity index is 780. The van der Waals surface area contributed by atoms with Crippen LogP contribution < -0.4 is 10.6 Å². The number of aliphatic imine (C=N–C) groups is 1. The van der Waals surface area contributed by atoms with Gasteiger partial charge in [0.25, 0.3) is 0 Å². The van der Waals surface area contributed by atoms with E-state index in [0.29, 0.717) is 12.6 Å². The molecule has 0 saturated carbocycles. The Morgan fingerprint density at radius 1 is 1.34 bits per heavy atom. The first kappa shape index (κ1) is 23.3. The van der Waals surface area contributed by atoms with Gasteiger partial charge in [0, 0.05) is 37.8 Å². The molecule has 1 fully saturated rings. The number of likely N-dealkylation sites (tertiary alicyclic amines) is 1. The second-order valence-electron chi connectivity index (χ2n) is 7.38. The predicted octanol–water partition coefficient (Wildman–Crippen LogP) is 3.19. The van der Waals surface area contributed by atoms with Crippen LogP contribution in [-0.4, -0.2) is 58.3 Å². The van der Waals surface area contributed by atoms with Crippen LogP contribution in [0.2, 0.25) is 0 Å². The number of aromatic amines is 1. The van der Waals surface area contributed by atoms with Crippen molar-refractivity contribution in [2.24, 2.45) is 4.99 Å². The van der Waals surface area contributed by atoms with Crippen molar-refractivity contribution in [3.8, 4) is 11.4 Å².